The molecule has 0 aliphatic heterocycles. The number of hydrogen-bond donors (Lipinski definition) is 2. The Bertz CT molecular complexity index is 442. The van der Waals surface area contributed by atoms with Crippen molar-refractivity contribution < 1.29 is 0 Å². The maximum Gasteiger partial charge on any atom is 0.0508 e. The predicted octanol–water partition coefficient (Wildman–Crippen LogP) is 3.10. The molecule has 0 amide bonds. The summed E-state index contributed by atoms with van der Waals surface area (Å²) in [7, 11) is 0. The first-order chi connectivity index (χ1) is 7.79. The number of benzene rings is 1. The second-order valence-electron chi connectivity index (χ2n) is 3.56. The molecule has 0 radical (unpaired) electrons. The third-order valence-electron chi connectivity index (χ3n) is 2.44. The van der Waals surface area contributed by atoms with E-state index in [-0.39, 0.29) is 6.04 Å². The minimum atomic E-state index is 0.188. The highest BCUT2D eigenvalue weighted by Crippen LogP contribution is 2.21. The summed E-state index contributed by atoms with van der Waals surface area (Å²) in [6.07, 6.45) is 0.939. The third kappa shape index (κ3) is 3.04. The van der Waals surface area contributed by atoms with Crippen LogP contribution in [0.25, 0.3) is 0 Å². The number of nitrogens with one attached hydrogen (secondary N) is 1. The molecule has 0 saturated heterocycles. The molecule has 0 saturated carbocycles. The first-order valence-corrected chi connectivity index (χ1v) is 6.99. The molecule has 0 bridgehead atoms. The molecule has 2 nitrogen and oxygen atoms in total. The molecule has 0 spiro atoms. The van der Waals surface area contributed by atoms with Crippen LogP contribution in [0, 0.1) is 3.57 Å². The number of halogens is 1. The number of thiophene rings is 1. The van der Waals surface area contributed by atoms with Crippen LogP contribution in [-0.2, 0) is 6.42 Å². The molecule has 4 heteroatoms. The van der Waals surface area contributed by atoms with Gasteiger partial charge in [0.05, 0.1) is 6.04 Å². The molecule has 16 heavy (non-hydrogen) atoms. The molecular formula is C12H13IN2S. The molecule has 2 rings (SSSR count). The smallest absolute Gasteiger partial charge is 0.0508 e. The molecule has 84 valence electrons. The molecule has 0 aliphatic rings. The Morgan fingerprint density at radius 1 is 1.31 bits per heavy atom. The fraction of sp³-hybridized carbons (Fsp3) is 0.167. The highest BCUT2D eigenvalue weighted by atomic mass is 127. The summed E-state index contributed by atoms with van der Waals surface area (Å²) < 4.78 is 1.24. The highest BCUT2D eigenvalue weighted by Gasteiger charge is 2.11. The van der Waals surface area contributed by atoms with E-state index >= 15 is 0 Å². The molecular weight excluding hydrogens is 331 g/mol. The Morgan fingerprint density at radius 2 is 2.19 bits per heavy atom. The Hall–Kier alpha value is -0.430. The van der Waals surface area contributed by atoms with Crippen LogP contribution in [0.2, 0.25) is 0 Å². The van der Waals surface area contributed by atoms with Gasteiger partial charge in [-0.2, -0.15) is 0 Å². The van der Waals surface area contributed by atoms with Crippen molar-refractivity contribution in [3.8, 4) is 0 Å². The van der Waals surface area contributed by atoms with Crippen molar-refractivity contribution in [2.45, 2.75) is 12.5 Å². The van der Waals surface area contributed by atoms with Gasteiger partial charge in [0.1, 0.15) is 0 Å². The van der Waals surface area contributed by atoms with Crippen molar-refractivity contribution in [1.29, 1.82) is 0 Å². The van der Waals surface area contributed by atoms with Gasteiger partial charge in [0, 0.05) is 14.9 Å². The Labute approximate surface area is 113 Å². The normalized spacial score (nSPS) is 12.6. The van der Waals surface area contributed by atoms with Gasteiger partial charge in [-0.1, -0.05) is 18.2 Å². The van der Waals surface area contributed by atoms with Crippen LogP contribution in [0.5, 0.6) is 0 Å². The lowest BCUT2D eigenvalue weighted by molar-refractivity contribution is 0.555. The molecule has 2 aromatic rings. The van der Waals surface area contributed by atoms with Crippen LogP contribution in [0.4, 0.5) is 0 Å². The molecule has 0 aliphatic carbocycles. The zero-order chi connectivity index (χ0) is 11.4. The molecule has 1 atom stereocenters. The van der Waals surface area contributed by atoms with Gasteiger partial charge in [-0.05, 0) is 51.7 Å². The van der Waals surface area contributed by atoms with Crippen molar-refractivity contribution in [2.75, 3.05) is 0 Å². The fourth-order valence-corrected chi connectivity index (χ4v) is 2.95. The monoisotopic (exact) mass is 344 g/mol. The second-order valence-corrected chi connectivity index (χ2v) is 5.84. The van der Waals surface area contributed by atoms with E-state index < -0.39 is 0 Å². The zero-order valence-electron chi connectivity index (χ0n) is 8.69. The van der Waals surface area contributed by atoms with Gasteiger partial charge in [-0.15, -0.1) is 11.3 Å². The first-order valence-electron chi connectivity index (χ1n) is 5.03. The van der Waals surface area contributed by atoms with Gasteiger partial charge in [-0.25, -0.2) is 0 Å². The van der Waals surface area contributed by atoms with Gasteiger partial charge < -0.3 is 0 Å². The maximum atomic E-state index is 5.62. The lowest BCUT2D eigenvalue weighted by atomic mass is 10.0. The van der Waals surface area contributed by atoms with Crippen LogP contribution in [0.15, 0.2) is 41.8 Å². The van der Waals surface area contributed by atoms with Crippen molar-refractivity contribution in [1.82, 2.24) is 5.43 Å². The van der Waals surface area contributed by atoms with Crippen molar-refractivity contribution >= 4 is 33.9 Å². The van der Waals surface area contributed by atoms with Gasteiger partial charge in [-0.3, -0.25) is 11.3 Å². The molecule has 1 aromatic heterocycles. The van der Waals surface area contributed by atoms with Crippen molar-refractivity contribution in [3.05, 3.63) is 55.8 Å². The van der Waals surface area contributed by atoms with Crippen LogP contribution in [0.3, 0.4) is 0 Å². The number of hydrazine groups is 1. The third-order valence-corrected chi connectivity index (χ3v) is 4.01. The summed E-state index contributed by atoms with van der Waals surface area (Å²) in [5, 5.41) is 2.09. The van der Waals surface area contributed by atoms with Crippen molar-refractivity contribution in [3.63, 3.8) is 0 Å². The molecule has 0 fully saturated rings. The quantitative estimate of drug-likeness (QED) is 0.508. The minimum absolute atomic E-state index is 0.188. The van der Waals surface area contributed by atoms with Gasteiger partial charge in [0.2, 0.25) is 0 Å². The summed E-state index contributed by atoms with van der Waals surface area (Å²) in [6.45, 7) is 0. The largest absolute Gasteiger partial charge is 0.271 e. The van der Waals surface area contributed by atoms with E-state index in [0.29, 0.717) is 0 Å². The second kappa shape index (κ2) is 5.77. The topological polar surface area (TPSA) is 38.0 Å². The Kier molecular flexibility index (Phi) is 4.34. The van der Waals surface area contributed by atoms with Crippen LogP contribution in [-0.4, -0.2) is 0 Å². The zero-order valence-corrected chi connectivity index (χ0v) is 11.7. The lowest BCUT2D eigenvalue weighted by Gasteiger charge is -2.15. The SMILES string of the molecule is NNC(Cc1cccs1)c1cccc(I)c1. The van der Waals surface area contributed by atoms with E-state index in [1.54, 1.807) is 11.3 Å². The summed E-state index contributed by atoms with van der Waals surface area (Å²) in [4.78, 5) is 1.35. The first kappa shape index (κ1) is 12.0. The van der Waals surface area contributed by atoms with E-state index in [1.807, 2.05) is 0 Å². The fourth-order valence-electron chi connectivity index (χ4n) is 1.63. The van der Waals surface area contributed by atoms with E-state index in [1.165, 1.54) is 14.0 Å². The molecule has 1 unspecified atom stereocenters. The standard InChI is InChI=1S/C12H13IN2S/c13-10-4-1-3-9(7-10)12(15-14)8-11-5-2-6-16-11/h1-7,12,15H,8,14H2. The highest BCUT2D eigenvalue weighted by molar-refractivity contribution is 14.1. The Balaban J connectivity index is 2.16. The number of nitrogens with two attached hydrogens (primary N) is 1. The summed E-state index contributed by atoms with van der Waals surface area (Å²) in [5.41, 5.74) is 4.13. The van der Waals surface area contributed by atoms with Crippen LogP contribution < -0.4 is 11.3 Å². The van der Waals surface area contributed by atoms with E-state index in [0.717, 1.165) is 6.42 Å². The van der Waals surface area contributed by atoms with Crippen molar-refractivity contribution in [2.24, 2.45) is 5.84 Å². The average Bonchev–Trinajstić information content (AvgIpc) is 2.78. The van der Waals surface area contributed by atoms with Crippen LogP contribution in [0.1, 0.15) is 16.5 Å². The Morgan fingerprint density at radius 3 is 2.81 bits per heavy atom. The molecule has 1 heterocycles. The minimum Gasteiger partial charge on any atom is -0.271 e. The van der Waals surface area contributed by atoms with E-state index in [9.17, 15) is 0 Å². The lowest BCUT2D eigenvalue weighted by Crippen LogP contribution is -2.29. The number of rotatable bonds is 4. The summed E-state index contributed by atoms with van der Waals surface area (Å²) >= 11 is 4.09. The van der Waals surface area contributed by atoms with Gasteiger partial charge >= 0.3 is 0 Å². The molecule has 1 aromatic carbocycles. The van der Waals surface area contributed by atoms with Gasteiger partial charge in [0.15, 0.2) is 0 Å². The van der Waals surface area contributed by atoms with E-state index in [4.69, 9.17) is 5.84 Å². The predicted molar refractivity (Wildman–Crippen MR) is 77.2 cm³/mol. The summed E-state index contributed by atoms with van der Waals surface area (Å²) in [6, 6.07) is 12.8. The summed E-state index contributed by atoms with van der Waals surface area (Å²) in [5.74, 6) is 5.62. The van der Waals surface area contributed by atoms with E-state index in [2.05, 4.69) is 69.8 Å². The van der Waals surface area contributed by atoms with Crippen LogP contribution >= 0.6 is 33.9 Å². The van der Waals surface area contributed by atoms with Gasteiger partial charge in [0.25, 0.3) is 0 Å². The molecule has 3 N–H and O–H groups in total. The average molecular weight is 344 g/mol. The maximum absolute atomic E-state index is 5.62. The number of hydrogen-bond acceptors (Lipinski definition) is 3.